The third kappa shape index (κ3) is 3.90. The Morgan fingerprint density at radius 1 is 1.00 bits per heavy atom. The molecule has 0 spiro atoms. The number of hydrogen-bond acceptors (Lipinski definition) is 5. The molecule has 1 N–H and O–H groups in total. The van der Waals surface area contributed by atoms with E-state index >= 15 is 0 Å². The number of nitrogens with one attached hydrogen (secondary N) is 1. The minimum atomic E-state index is -0.220. The number of benzene rings is 1. The molecule has 0 bridgehead atoms. The highest BCUT2D eigenvalue weighted by Crippen LogP contribution is 2.21. The predicted octanol–water partition coefficient (Wildman–Crippen LogP) is 3.02. The van der Waals surface area contributed by atoms with Crippen LogP contribution < -0.4 is 10.2 Å². The van der Waals surface area contributed by atoms with Gasteiger partial charge in [-0.25, -0.2) is 4.98 Å². The van der Waals surface area contributed by atoms with Crippen molar-refractivity contribution in [3.05, 3.63) is 60.4 Å². The molecule has 6 nitrogen and oxygen atoms in total. The van der Waals surface area contributed by atoms with Crippen LogP contribution in [0.4, 0.5) is 11.5 Å². The fourth-order valence-corrected chi connectivity index (χ4v) is 3.39. The van der Waals surface area contributed by atoms with Gasteiger partial charge in [-0.2, -0.15) is 0 Å². The van der Waals surface area contributed by atoms with Crippen molar-refractivity contribution >= 4 is 28.3 Å². The van der Waals surface area contributed by atoms with E-state index in [-0.39, 0.29) is 5.91 Å². The molecule has 1 aliphatic heterocycles. The second-order valence-electron chi connectivity index (χ2n) is 6.86. The lowest BCUT2D eigenvalue weighted by molar-refractivity contribution is 0.102. The molecular formula is C21H23N5O. The van der Waals surface area contributed by atoms with E-state index in [9.17, 15) is 4.79 Å². The Bertz CT molecular complexity index is 953. The lowest BCUT2D eigenvalue weighted by Crippen LogP contribution is -2.29. The van der Waals surface area contributed by atoms with Crippen molar-refractivity contribution in [1.82, 2.24) is 14.9 Å². The number of hydrogen-bond donors (Lipinski definition) is 1. The largest absolute Gasteiger partial charge is 0.355 e. The smallest absolute Gasteiger partial charge is 0.274 e. The van der Waals surface area contributed by atoms with Gasteiger partial charge < -0.3 is 15.1 Å². The Balaban J connectivity index is 1.55. The average molecular weight is 361 g/mol. The zero-order valence-corrected chi connectivity index (χ0v) is 15.4. The molecule has 2 aromatic heterocycles. The summed E-state index contributed by atoms with van der Waals surface area (Å²) in [4.78, 5) is 26.4. The summed E-state index contributed by atoms with van der Waals surface area (Å²) in [6.45, 7) is 3.96. The van der Waals surface area contributed by atoms with E-state index in [0.29, 0.717) is 11.4 Å². The zero-order valence-electron chi connectivity index (χ0n) is 15.4. The molecule has 138 valence electrons. The number of carbonyl (C=O) groups excluding carboxylic acids is 1. The molecule has 0 radical (unpaired) electrons. The van der Waals surface area contributed by atoms with E-state index in [1.165, 1.54) is 0 Å². The second-order valence-corrected chi connectivity index (χ2v) is 6.86. The van der Waals surface area contributed by atoms with Gasteiger partial charge in [-0.3, -0.25) is 9.78 Å². The first-order chi connectivity index (χ1) is 13.2. The molecule has 27 heavy (non-hydrogen) atoms. The van der Waals surface area contributed by atoms with E-state index in [1.807, 2.05) is 42.5 Å². The Morgan fingerprint density at radius 3 is 2.78 bits per heavy atom. The summed E-state index contributed by atoms with van der Waals surface area (Å²) in [5, 5.41) is 3.95. The molecule has 1 aromatic carbocycles. The van der Waals surface area contributed by atoms with E-state index in [1.54, 1.807) is 12.3 Å². The van der Waals surface area contributed by atoms with Crippen LogP contribution in [0.15, 0.2) is 54.7 Å². The number of aromatic nitrogens is 2. The Labute approximate surface area is 158 Å². The lowest BCUT2D eigenvalue weighted by Gasteiger charge is -2.22. The molecule has 6 heteroatoms. The normalized spacial score (nSPS) is 15.5. The van der Waals surface area contributed by atoms with Crippen molar-refractivity contribution < 1.29 is 4.79 Å². The highest BCUT2D eigenvalue weighted by atomic mass is 16.1. The summed E-state index contributed by atoms with van der Waals surface area (Å²) in [6.07, 6.45) is 2.82. The first-order valence-electron chi connectivity index (χ1n) is 9.26. The summed E-state index contributed by atoms with van der Waals surface area (Å²) in [5.41, 5.74) is 1.89. The van der Waals surface area contributed by atoms with E-state index in [2.05, 4.69) is 32.1 Å². The van der Waals surface area contributed by atoms with Crippen molar-refractivity contribution in [3.63, 3.8) is 0 Å². The van der Waals surface area contributed by atoms with E-state index in [4.69, 9.17) is 0 Å². The number of nitrogens with zero attached hydrogens (tertiary/aromatic N) is 4. The number of likely N-dealkylation sites (N-methyl/N-ethyl adjacent to an activating group) is 1. The van der Waals surface area contributed by atoms with Gasteiger partial charge in [0.15, 0.2) is 0 Å². The molecule has 0 unspecified atom stereocenters. The molecular weight excluding hydrogens is 338 g/mol. The van der Waals surface area contributed by atoms with Crippen LogP contribution in [0.5, 0.6) is 0 Å². The van der Waals surface area contributed by atoms with E-state index < -0.39 is 0 Å². The third-order valence-electron chi connectivity index (χ3n) is 4.89. The van der Waals surface area contributed by atoms with Crippen LogP contribution in [0, 0.1) is 0 Å². The average Bonchev–Trinajstić information content (AvgIpc) is 2.93. The van der Waals surface area contributed by atoms with Crippen LogP contribution in [0.2, 0.25) is 0 Å². The zero-order chi connectivity index (χ0) is 18.6. The summed E-state index contributed by atoms with van der Waals surface area (Å²) >= 11 is 0. The number of rotatable bonds is 3. The van der Waals surface area contributed by atoms with Crippen LogP contribution in [0.3, 0.4) is 0 Å². The molecule has 1 fully saturated rings. The fourth-order valence-electron chi connectivity index (χ4n) is 3.39. The number of pyridine rings is 2. The van der Waals surface area contributed by atoms with Crippen molar-refractivity contribution in [3.8, 4) is 0 Å². The molecule has 3 heterocycles. The molecule has 0 aliphatic carbocycles. The minimum absolute atomic E-state index is 0.220. The van der Waals surface area contributed by atoms with Gasteiger partial charge in [0.1, 0.15) is 11.5 Å². The Morgan fingerprint density at radius 2 is 1.85 bits per heavy atom. The van der Waals surface area contributed by atoms with Gasteiger partial charge in [0.25, 0.3) is 5.91 Å². The van der Waals surface area contributed by atoms with Crippen LogP contribution in [-0.4, -0.2) is 54.0 Å². The van der Waals surface area contributed by atoms with Gasteiger partial charge in [-0.05, 0) is 44.3 Å². The summed E-state index contributed by atoms with van der Waals surface area (Å²) < 4.78 is 0. The standard InChI is InChI=1S/C21H23N5O/c1-25-12-5-13-26(15-14-25)19-10-3-9-18(23-19)21(27)24-17-8-2-6-16-7-4-11-22-20(16)17/h2-4,6-11H,5,12-15H2,1H3,(H,24,27). The van der Waals surface area contributed by atoms with Gasteiger partial charge >= 0.3 is 0 Å². The summed E-state index contributed by atoms with van der Waals surface area (Å²) in [7, 11) is 2.14. The first-order valence-corrected chi connectivity index (χ1v) is 9.26. The van der Waals surface area contributed by atoms with Crippen molar-refractivity contribution in [2.75, 3.05) is 43.4 Å². The molecule has 0 saturated carbocycles. The lowest BCUT2D eigenvalue weighted by atomic mass is 10.2. The van der Waals surface area contributed by atoms with Gasteiger partial charge in [-0.1, -0.05) is 24.3 Å². The molecule has 0 atom stereocenters. The van der Waals surface area contributed by atoms with Crippen molar-refractivity contribution in [2.45, 2.75) is 6.42 Å². The van der Waals surface area contributed by atoms with Crippen LogP contribution in [-0.2, 0) is 0 Å². The molecule has 1 amide bonds. The molecule has 4 rings (SSSR count). The predicted molar refractivity (Wildman–Crippen MR) is 108 cm³/mol. The molecule has 1 aliphatic rings. The number of amides is 1. The first kappa shape index (κ1) is 17.4. The maximum Gasteiger partial charge on any atom is 0.274 e. The Hall–Kier alpha value is -2.99. The van der Waals surface area contributed by atoms with Gasteiger partial charge in [0, 0.05) is 31.2 Å². The number of carbonyl (C=O) groups is 1. The van der Waals surface area contributed by atoms with Gasteiger partial charge in [0.05, 0.1) is 11.2 Å². The van der Waals surface area contributed by atoms with Gasteiger partial charge in [0.2, 0.25) is 0 Å². The topological polar surface area (TPSA) is 61.4 Å². The van der Waals surface area contributed by atoms with Crippen LogP contribution >= 0.6 is 0 Å². The quantitative estimate of drug-likeness (QED) is 0.777. The second kappa shape index (κ2) is 7.72. The fraction of sp³-hybridized carbons (Fsp3) is 0.286. The maximum absolute atomic E-state index is 12.8. The Kier molecular flexibility index (Phi) is 4.98. The number of fused-ring (bicyclic) bond motifs is 1. The van der Waals surface area contributed by atoms with E-state index in [0.717, 1.165) is 49.3 Å². The van der Waals surface area contributed by atoms with Crippen LogP contribution in [0.25, 0.3) is 10.9 Å². The number of para-hydroxylation sites is 1. The third-order valence-corrected chi connectivity index (χ3v) is 4.89. The van der Waals surface area contributed by atoms with Gasteiger partial charge in [-0.15, -0.1) is 0 Å². The molecule has 3 aromatic rings. The highest BCUT2D eigenvalue weighted by molar-refractivity contribution is 6.07. The number of anilines is 2. The highest BCUT2D eigenvalue weighted by Gasteiger charge is 2.16. The van der Waals surface area contributed by atoms with Crippen molar-refractivity contribution in [1.29, 1.82) is 0 Å². The van der Waals surface area contributed by atoms with Crippen LogP contribution in [0.1, 0.15) is 16.9 Å². The monoisotopic (exact) mass is 361 g/mol. The summed E-state index contributed by atoms with van der Waals surface area (Å²) in [5.74, 6) is 0.635. The maximum atomic E-state index is 12.8. The van der Waals surface area contributed by atoms with Crippen molar-refractivity contribution in [2.24, 2.45) is 0 Å². The minimum Gasteiger partial charge on any atom is -0.355 e. The molecule has 1 saturated heterocycles. The summed E-state index contributed by atoms with van der Waals surface area (Å²) in [6, 6.07) is 15.2. The SMILES string of the molecule is CN1CCCN(c2cccc(C(=O)Nc3cccc4cccnc34)n2)CC1.